The van der Waals surface area contributed by atoms with Crippen molar-refractivity contribution in [3.8, 4) is 5.88 Å². The molecule has 114 valence electrons. The molecule has 0 aliphatic carbocycles. The number of rotatable bonds is 11. The van der Waals surface area contributed by atoms with Crippen LogP contribution < -0.4 is 10.1 Å². The number of ether oxygens (including phenoxy) is 1. The van der Waals surface area contributed by atoms with Gasteiger partial charge >= 0.3 is 0 Å². The Morgan fingerprint density at radius 3 is 2.65 bits per heavy atom. The molecule has 0 spiro atoms. The van der Waals surface area contributed by atoms with E-state index in [9.17, 15) is 0 Å². The fourth-order valence-electron chi connectivity index (χ4n) is 2.04. The van der Waals surface area contributed by atoms with Crippen molar-refractivity contribution in [1.82, 2.24) is 10.3 Å². The topological polar surface area (TPSA) is 34.1 Å². The van der Waals surface area contributed by atoms with Gasteiger partial charge < -0.3 is 10.1 Å². The maximum Gasteiger partial charge on any atom is 0.217 e. The Hall–Kier alpha value is -0.610. The van der Waals surface area contributed by atoms with Crippen LogP contribution >= 0.6 is 15.9 Å². The highest BCUT2D eigenvalue weighted by Gasteiger charge is 2.06. The van der Waals surface area contributed by atoms with E-state index in [-0.39, 0.29) is 0 Å². The summed E-state index contributed by atoms with van der Waals surface area (Å²) in [6, 6.07) is 2.08. The molecule has 3 nitrogen and oxygen atoms in total. The van der Waals surface area contributed by atoms with Gasteiger partial charge in [-0.25, -0.2) is 4.98 Å². The molecule has 0 saturated carbocycles. The molecule has 1 aromatic heterocycles. The molecule has 0 atom stereocenters. The van der Waals surface area contributed by atoms with Gasteiger partial charge in [0.2, 0.25) is 5.88 Å². The Morgan fingerprint density at radius 2 is 1.90 bits per heavy atom. The largest absolute Gasteiger partial charge is 0.477 e. The van der Waals surface area contributed by atoms with Crippen molar-refractivity contribution in [2.24, 2.45) is 0 Å². The predicted octanol–water partition coefficient (Wildman–Crippen LogP) is 4.69. The van der Waals surface area contributed by atoms with Crippen LogP contribution in [0.1, 0.15) is 57.9 Å². The molecule has 1 aromatic rings. The van der Waals surface area contributed by atoms with E-state index in [0.29, 0.717) is 0 Å². The molecule has 0 aliphatic rings. The Labute approximate surface area is 131 Å². The van der Waals surface area contributed by atoms with Crippen LogP contribution in [0, 0.1) is 0 Å². The summed E-state index contributed by atoms with van der Waals surface area (Å²) < 4.78 is 6.82. The number of aromatic nitrogens is 1. The molecule has 0 bridgehead atoms. The molecule has 0 amide bonds. The molecule has 0 aromatic carbocycles. The average molecular weight is 343 g/mol. The van der Waals surface area contributed by atoms with Crippen molar-refractivity contribution in [3.63, 3.8) is 0 Å². The quantitative estimate of drug-likeness (QED) is 0.592. The number of pyridine rings is 1. The summed E-state index contributed by atoms with van der Waals surface area (Å²) in [5, 5.41) is 3.32. The van der Waals surface area contributed by atoms with Crippen LogP contribution in [-0.4, -0.2) is 18.1 Å². The van der Waals surface area contributed by atoms with E-state index in [2.05, 4.69) is 46.1 Å². The van der Waals surface area contributed by atoms with E-state index in [0.717, 1.165) is 42.0 Å². The average Bonchev–Trinajstić information content (AvgIpc) is 2.45. The first-order valence-corrected chi connectivity index (χ1v) is 8.55. The van der Waals surface area contributed by atoms with Crippen molar-refractivity contribution in [3.05, 3.63) is 22.3 Å². The third-order valence-corrected chi connectivity index (χ3v) is 3.63. The smallest absolute Gasteiger partial charge is 0.217 e. The Morgan fingerprint density at radius 1 is 1.15 bits per heavy atom. The Bertz CT molecular complexity index is 371. The number of nitrogens with one attached hydrogen (secondary N) is 1. The van der Waals surface area contributed by atoms with E-state index >= 15 is 0 Å². The molecule has 0 aliphatic heterocycles. The van der Waals surface area contributed by atoms with Crippen molar-refractivity contribution >= 4 is 15.9 Å². The van der Waals surface area contributed by atoms with Crippen LogP contribution in [0.4, 0.5) is 0 Å². The van der Waals surface area contributed by atoms with E-state index in [1.165, 1.54) is 32.1 Å². The van der Waals surface area contributed by atoms with Gasteiger partial charge in [0.15, 0.2) is 0 Å². The van der Waals surface area contributed by atoms with Crippen LogP contribution in [0.3, 0.4) is 0 Å². The summed E-state index contributed by atoms with van der Waals surface area (Å²) in [5.41, 5.74) is 1.12. The molecule has 0 saturated heterocycles. The second-order valence-corrected chi connectivity index (χ2v) is 5.93. The third kappa shape index (κ3) is 7.25. The summed E-state index contributed by atoms with van der Waals surface area (Å²) in [6.07, 6.45) is 9.47. The van der Waals surface area contributed by atoms with Crippen molar-refractivity contribution in [2.45, 2.75) is 58.9 Å². The standard InChI is InChI=1S/C16H27BrN2O/c1-3-5-6-7-8-9-10-20-16-14(12-18-4-2)11-15(17)13-19-16/h11,13,18H,3-10,12H2,1-2H3. The molecule has 1 heterocycles. The van der Waals surface area contributed by atoms with Crippen LogP contribution in [0.2, 0.25) is 0 Å². The maximum absolute atomic E-state index is 5.82. The summed E-state index contributed by atoms with van der Waals surface area (Å²) in [5.74, 6) is 0.766. The van der Waals surface area contributed by atoms with Gasteiger partial charge in [0.05, 0.1) is 6.61 Å². The van der Waals surface area contributed by atoms with Crippen molar-refractivity contribution in [2.75, 3.05) is 13.2 Å². The van der Waals surface area contributed by atoms with Crippen molar-refractivity contribution < 1.29 is 4.74 Å². The summed E-state index contributed by atoms with van der Waals surface area (Å²) in [6.45, 7) is 6.86. The van der Waals surface area contributed by atoms with Gasteiger partial charge in [0.25, 0.3) is 0 Å². The zero-order valence-electron chi connectivity index (χ0n) is 12.8. The second-order valence-electron chi connectivity index (χ2n) is 5.01. The van der Waals surface area contributed by atoms with E-state index in [1.54, 1.807) is 6.20 Å². The molecular weight excluding hydrogens is 316 g/mol. The number of nitrogens with zero attached hydrogens (tertiary/aromatic N) is 1. The van der Waals surface area contributed by atoms with Crippen LogP contribution in [0.5, 0.6) is 5.88 Å². The van der Waals surface area contributed by atoms with Crippen molar-refractivity contribution in [1.29, 1.82) is 0 Å². The number of hydrogen-bond acceptors (Lipinski definition) is 3. The van der Waals surface area contributed by atoms with E-state index in [1.807, 2.05) is 0 Å². The van der Waals surface area contributed by atoms with Crippen LogP contribution in [-0.2, 0) is 6.54 Å². The summed E-state index contributed by atoms with van der Waals surface area (Å²) in [7, 11) is 0. The van der Waals surface area contributed by atoms with Gasteiger partial charge in [-0.15, -0.1) is 0 Å². The molecule has 1 rings (SSSR count). The summed E-state index contributed by atoms with van der Waals surface area (Å²) in [4.78, 5) is 4.37. The first-order chi connectivity index (χ1) is 9.77. The number of halogens is 1. The lowest BCUT2D eigenvalue weighted by atomic mass is 10.1. The lowest BCUT2D eigenvalue weighted by molar-refractivity contribution is 0.289. The van der Waals surface area contributed by atoms with E-state index in [4.69, 9.17) is 4.74 Å². The maximum atomic E-state index is 5.82. The minimum absolute atomic E-state index is 0.764. The van der Waals surface area contributed by atoms with Gasteiger partial charge in [-0.1, -0.05) is 46.0 Å². The lowest BCUT2D eigenvalue weighted by Crippen LogP contribution is -2.13. The first kappa shape index (κ1) is 17.4. The van der Waals surface area contributed by atoms with Crippen LogP contribution in [0.25, 0.3) is 0 Å². The minimum Gasteiger partial charge on any atom is -0.477 e. The fourth-order valence-corrected chi connectivity index (χ4v) is 2.41. The molecule has 0 fully saturated rings. The lowest BCUT2D eigenvalue weighted by Gasteiger charge is -2.11. The minimum atomic E-state index is 0.764. The number of unbranched alkanes of at least 4 members (excludes halogenated alkanes) is 5. The molecular formula is C16H27BrN2O. The Kier molecular flexibility index (Phi) is 9.67. The molecule has 4 heteroatoms. The highest BCUT2D eigenvalue weighted by molar-refractivity contribution is 9.10. The predicted molar refractivity (Wildman–Crippen MR) is 88.2 cm³/mol. The van der Waals surface area contributed by atoms with Gasteiger partial charge in [0, 0.05) is 22.8 Å². The SMILES string of the molecule is CCCCCCCCOc1ncc(Br)cc1CNCC. The zero-order valence-corrected chi connectivity index (χ0v) is 14.3. The normalized spacial score (nSPS) is 10.8. The van der Waals surface area contributed by atoms with Gasteiger partial charge in [0.1, 0.15) is 0 Å². The van der Waals surface area contributed by atoms with Gasteiger partial charge in [-0.05, 0) is 35.0 Å². The first-order valence-electron chi connectivity index (χ1n) is 7.75. The number of hydrogen-bond donors (Lipinski definition) is 1. The molecule has 0 unspecified atom stereocenters. The highest BCUT2D eigenvalue weighted by atomic mass is 79.9. The molecule has 0 radical (unpaired) electrons. The molecule has 1 N–H and O–H groups in total. The highest BCUT2D eigenvalue weighted by Crippen LogP contribution is 2.20. The van der Waals surface area contributed by atoms with E-state index < -0.39 is 0 Å². The van der Waals surface area contributed by atoms with Gasteiger partial charge in [-0.3, -0.25) is 0 Å². The van der Waals surface area contributed by atoms with Crippen LogP contribution in [0.15, 0.2) is 16.7 Å². The molecule has 20 heavy (non-hydrogen) atoms. The Balaban J connectivity index is 2.31. The third-order valence-electron chi connectivity index (χ3n) is 3.19. The monoisotopic (exact) mass is 342 g/mol. The zero-order chi connectivity index (χ0) is 14.6. The fraction of sp³-hybridized carbons (Fsp3) is 0.688. The second kappa shape index (κ2) is 11.1. The summed E-state index contributed by atoms with van der Waals surface area (Å²) >= 11 is 3.46. The van der Waals surface area contributed by atoms with Gasteiger partial charge in [-0.2, -0.15) is 0 Å².